The molecule has 0 saturated heterocycles. The zero-order valence-electron chi connectivity index (χ0n) is 17.2. The monoisotopic (exact) mass is 382 g/mol. The van der Waals surface area contributed by atoms with Crippen LogP contribution in [0.25, 0.3) is 28.9 Å². The summed E-state index contributed by atoms with van der Waals surface area (Å²) in [7, 11) is 0. The standard InChI is InChI=1S/C26H26N2O/c1-4-20-5-7-21(8-6-20)9-10-22-11-16-26-25(17-22)27-18-28(26)23-12-14-24(15-13-23)29-19(2)3/h5-19H,4H2,1-3H3. The highest BCUT2D eigenvalue weighted by Crippen LogP contribution is 2.23. The van der Waals surface area contributed by atoms with Crippen molar-refractivity contribution in [3.8, 4) is 11.4 Å². The fourth-order valence-corrected chi connectivity index (χ4v) is 3.35. The van der Waals surface area contributed by atoms with Gasteiger partial charge in [0.1, 0.15) is 12.1 Å². The number of fused-ring (bicyclic) bond motifs is 1. The minimum Gasteiger partial charge on any atom is -0.491 e. The van der Waals surface area contributed by atoms with Crippen molar-refractivity contribution in [2.45, 2.75) is 33.3 Å². The molecule has 0 bridgehead atoms. The third-order valence-electron chi connectivity index (χ3n) is 4.91. The molecule has 0 unspecified atom stereocenters. The molecule has 4 aromatic rings. The van der Waals surface area contributed by atoms with Gasteiger partial charge in [-0.1, -0.05) is 49.4 Å². The number of nitrogens with zero attached hydrogens (tertiary/aromatic N) is 2. The fourth-order valence-electron chi connectivity index (χ4n) is 3.35. The average molecular weight is 383 g/mol. The van der Waals surface area contributed by atoms with Crippen molar-refractivity contribution in [2.75, 3.05) is 0 Å². The van der Waals surface area contributed by atoms with Crippen LogP contribution in [0.5, 0.6) is 5.75 Å². The summed E-state index contributed by atoms with van der Waals surface area (Å²) in [6.07, 6.45) is 7.39. The highest BCUT2D eigenvalue weighted by atomic mass is 16.5. The van der Waals surface area contributed by atoms with E-state index >= 15 is 0 Å². The Kier molecular flexibility index (Phi) is 5.48. The lowest BCUT2D eigenvalue weighted by Crippen LogP contribution is -2.05. The molecular formula is C26H26N2O. The molecule has 1 aromatic heterocycles. The van der Waals surface area contributed by atoms with Crippen LogP contribution >= 0.6 is 0 Å². The Balaban J connectivity index is 1.56. The molecule has 4 rings (SSSR count). The number of benzene rings is 3. The minimum atomic E-state index is 0.172. The average Bonchev–Trinajstić information content (AvgIpc) is 3.16. The first-order chi connectivity index (χ1) is 14.1. The summed E-state index contributed by atoms with van der Waals surface area (Å²) < 4.78 is 7.84. The Morgan fingerprint density at radius 2 is 1.59 bits per heavy atom. The first kappa shape index (κ1) is 19.0. The summed E-state index contributed by atoms with van der Waals surface area (Å²) in [6.45, 7) is 6.24. The molecule has 0 saturated carbocycles. The number of aromatic nitrogens is 2. The van der Waals surface area contributed by atoms with E-state index in [1.54, 1.807) is 0 Å². The van der Waals surface area contributed by atoms with Crippen molar-refractivity contribution >= 4 is 23.2 Å². The van der Waals surface area contributed by atoms with Gasteiger partial charge in [-0.2, -0.15) is 0 Å². The zero-order chi connectivity index (χ0) is 20.2. The lowest BCUT2D eigenvalue weighted by molar-refractivity contribution is 0.242. The second-order valence-corrected chi connectivity index (χ2v) is 7.45. The summed E-state index contributed by atoms with van der Waals surface area (Å²) in [4.78, 5) is 4.60. The second kappa shape index (κ2) is 8.36. The number of hydrogen-bond acceptors (Lipinski definition) is 2. The Labute approximate surface area is 172 Å². The van der Waals surface area contributed by atoms with E-state index in [0.717, 1.165) is 34.5 Å². The number of rotatable bonds is 6. The van der Waals surface area contributed by atoms with E-state index in [9.17, 15) is 0 Å². The first-order valence-electron chi connectivity index (χ1n) is 10.1. The largest absolute Gasteiger partial charge is 0.491 e. The van der Waals surface area contributed by atoms with Gasteiger partial charge in [0.05, 0.1) is 17.1 Å². The van der Waals surface area contributed by atoms with Crippen molar-refractivity contribution < 1.29 is 4.74 Å². The van der Waals surface area contributed by atoms with Crippen LogP contribution in [0.2, 0.25) is 0 Å². The maximum absolute atomic E-state index is 5.73. The van der Waals surface area contributed by atoms with E-state index in [4.69, 9.17) is 4.74 Å². The van der Waals surface area contributed by atoms with Crippen LogP contribution in [0.15, 0.2) is 73.1 Å². The van der Waals surface area contributed by atoms with E-state index in [1.807, 2.05) is 32.3 Å². The maximum Gasteiger partial charge on any atom is 0.119 e. The van der Waals surface area contributed by atoms with Crippen LogP contribution in [0.1, 0.15) is 37.5 Å². The molecule has 3 nitrogen and oxygen atoms in total. The molecule has 0 aliphatic carbocycles. The van der Waals surface area contributed by atoms with E-state index in [2.05, 4.69) is 83.2 Å². The molecule has 0 aliphatic rings. The summed E-state index contributed by atoms with van der Waals surface area (Å²) in [5, 5.41) is 0. The predicted octanol–water partition coefficient (Wildman–Crippen LogP) is 6.55. The summed E-state index contributed by atoms with van der Waals surface area (Å²) in [6, 6.07) is 23.2. The van der Waals surface area contributed by atoms with Crippen molar-refractivity contribution in [1.82, 2.24) is 9.55 Å². The lowest BCUT2D eigenvalue weighted by atomic mass is 10.1. The molecule has 0 N–H and O–H groups in total. The fraction of sp³-hybridized carbons (Fsp3) is 0.192. The molecule has 0 fully saturated rings. The molecule has 1 heterocycles. The van der Waals surface area contributed by atoms with E-state index in [1.165, 1.54) is 11.1 Å². The molecule has 0 spiro atoms. The van der Waals surface area contributed by atoms with E-state index in [0.29, 0.717) is 0 Å². The van der Waals surface area contributed by atoms with Crippen molar-refractivity contribution in [2.24, 2.45) is 0 Å². The van der Waals surface area contributed by atoms with Gasteiger partial charge in [0.15, 0.2) is 0 Å². The minimum absolute atomic E-state index is 0.172. The highest BCUT2D eigenvalue weighted by Gasteiger charge is 2.06. The van der Waals surface area contributed by atoms with Crippen LogP contribution < -0.4 is 4.74 Å². The van der Waals surface area contributed by atoms with Gasteiger partial charge < -0.3 is 4.74 Å². The Bertz CT molecular complexity index is 1120. The topological polar surface area (TPSA) is 27.1 Å². The maximum atomic E-state index is 5.73. The van der Waals surface area contributed by atoms with Crippen LogP contribution in [-0.2, 0) is 6.42 Å². The normalized spacial score (nSPS) is 11.6. The number of ether oxygens (including phenoxy) is 1. The molecular weight excluding hydrogens is 356 g/mol. The summed E-state index contributed by atoms with van der Waals surface area (Å²) in [5.41, 5.74) is 6.85. The predicted molar refractivity (Wildman–Crippen MR) is 122 cm³/mol. The van der Waals surface area contributed by atoms with Crippen LogP contribution in [0.3, 0.4) is 0 Å². The van der Waals surface area contributed by atoms with Gasteiger partial charge in [-0.3, -0.25) is 4.57 Å². The van der Waals surface area contributed by atoms with E-state index < -0.39 is 0 Å². The van der Waals surface area contributed by atoms with Gasteiger partial charge in [0.2, 0.25) is 0 Å². The summed E-state index contributed by atoms with van der Waals surface area (Å²) >= 11 is 0. The third kappa shape index (κ3) is 4.40. The van der Waals surface area contributed by atoms with E-state index in [-0.39, 0.29) is 6.10 Å². The van der Waals surface area contributed by atoms with Crippen molar-refractivity contribution in [3.05, 3.63) is 89.7 Å². The lowest BCUT2D eigenvalue weighted by Gasteiger charge is -2.10. The van der Waals surface area contributed by atoms with Gasteiger partial charge in [0, 0.05) is 5.69 Å². The molecule has 0 atom stereocenters. The van der Waals surface area contributed by atoms with Crippen molar-refractivity contribution in [1.29, 1.82) is 0 Å². The number of hydrogen-bond donors (Lipinski definition) is 0. The highest BCUT2D eigenvalue weighted by molar-refractivity contribution is 5.82. The Morgan fingerprint density at radius 3 is 2.28 bits per heavy atom. The van der Waals surface area contributed by atoms with Gasteiger partial charge in [0.25, 0.3) is 0 Å². The van der Waals surface area contributed by atoms with Crippen LogP contribution in [-0.4, -0.2) is 15.7 Å². The molecule has 0 amide bonds. The van der Waals surface area contributed by atoms with Gasteiger partial charge in [-0.15, -0.1) is 0 Å². The Hall–Kier alpha value is -3.33. The zero-order valence-corrected chi connectivity index (χ0v) is 17.2. The molecule has 29 heavy (non-hydrogen) atoms. The van der Waals surface area contributed by atoms with Gasteiger partial charge in [-0.25, -0.2) is 4.98 Å². The number of imidazole rings is 1. The summed E-state index contributed by atoms with van der Waals surface area (Å²) in [5.74, 6) is 0.882. The molecule has 3 heteroatoms. The quantitative estimate of drug-likeness (QED) is 0.354. The second-order valence-electron chi connectivity index (χ2n) is 7.45. The number of aryl methyl sites for hydroxylation is 1. The van der Waals surface area contributed by atoms with Crippen molar-refractivity contribution in [3.63, 3.8) is 0 Å². The molecule has 0 radical (unpaired) electrons. The molecule has 3 aromatic carbocycles. The SMILES string of the molecule is CCc1ccc(C=Cc2ccc3c(c2)ncn3-c2ccc(OC(C)C)cc2)cc1. The Morgan fingerprint density at radius 1 is 0.897 bits per heavy atom. The molecule has 0 aliphatic heterocycles. The molecule has 146 valence electrons. The smallest absolute Gasteiger partial charge is 0.119 e. The first-order valence-corrected chi connectivity index (χ1v) is 10.1. The third-order valence-corrected chi connectivity index (χ3v) is 4.91. The van der Waals surface area contributed by atoms with Gasteiger partial charge in [-0.05, 0) is 73.4 Å². The van der Waals surface area contributed by atoms with Crippen LogP contribution in [0.4, 0.5) is 0 Å². The van der Waals surface area contributed by atoms with Crippen LogP contribution in [0, 0.1) is 0 Å². The van der Waals surface area contributed by atoms with Gasteiger partial charge >= 0.3 is 0 Å².